The molecule has 4 heteroatoms. The van der Waals surface area contributed by atoms with Crippen LogP contribution in [0.5, 0.6) is 0 Å². The summed E-state index contributed by atoms with van der Waals surface area (Å²) < 4.78 is 5.60. The van der Waals surface area contributed by atoms with Crippen molar-refractivity contribution in [2.75, 3.05) is 25.2 Å². The second kappa shape index (κ2) is 5.70. The predicted octanol–water partition coefficient (Wildman–Crippen LogP) is 2.04. The number of hydrogen-bond acceptors (Lipinski definition) is 4. The molecule has 1 aliphatic heterocycles. The highest BCUT2D eigenvalue weighted by molar-refractivity contribution is 7.99. The van der Waals surface area contributed by atoms with Gasteiger partial charge in [-0.05, 0) is 31.4 Å². The zero-order valence-electron chi connectivity index (χ0n) is 11.9. The van der Waals surface area contributed by atoms with Gasteiger partial charge < -0.3 is 15.2 Å². The van der Waals surface area contributed by atoms with Crippen LogP contribution >= 0.6 is 11.8 Å². The Labute approximate surface area is 115 Å². The van der Waals surface area contributed by atoms with Crippen LogP contribution in [0.15, 0.2) is 0 Å². The van der Waals surface area contributed by atoms with Crippen LogP contribution in [0.4, 0.5) is 0 Å². The molecule has 1 aliphatic carbocycles. The normalized spacial score (nSPS) is 38.7. The van der Waals surface area contributed by atoms with E-state index in [2.05, 4.69) is 19.2 Å². The van der Waals surface area contributed by atoms with Gasteiger partial charge in [-0.1, -0.05) is 13.8 Å². The summed E-state index contributed by atoms with van der Waals surface area (Å²) in [7, 11) is 1.82. The number of thioether (sulfide) groups is 1. The van der Waals surface area contributed by atoms with Gasteiger partial charge in [0.2, 0.25) is 0 Å². The molecule has 2 N–H and O–H groups in total. The Bertz CT molecular complexity index is 275. The van der Waals surface area contributed by atoms with Crippen LogP contribution in [0.2, 0.25) is 0 Å². The number of aliphatic hydroxyl groups is 1. The lowest BCUT2D eigenvalue weighted by molar-refractivity contribution is -0.127. The molecule has 106 valence electrons. The fourth-order valence-electron chi connectivity index (χ4n) is 3.61. The quantitative estimate of drug-likeness (QED) is 0.777. The van der Waals surface area contributed by atoms with Gasteiger partial charge >= 0.3 is 0 Å². The molecule has 2 aliphatic rings. The molecule has 2 rings (SSSR count). The molecule has 0 bridgehead atoms. The first-order valence-electron chi connectivity index (χ1n) is 7.16. The molecular formula is C14H27NO2S. The maximum Gasteiger partial charge on any atom is 0.0869 e. The molecule has 1 saturated heterocycles. The number of methoxy groups -OCH3 is 1. The molecule has 2 fully saturated rings. The summed E-state index contributed by atoms with van der Waals surface area (Å²) in [4.78, 5) is 0. The van der Waals surface area contributed by atoms with Crippen molar-refractivity contribution in [1.82, 2.24) is 5.32 Å². The molecule has 0 aromatic heterocycles. The van der Waals surface area contributed by atoms with Crippen molar-refractivity contribution in [2.45, 2.75) is 57.3 Å². The predicted molar refractivity (Wildman–Crippen MR) is 77.1 cm³/mol. The zero-order chi connectivity index (χ0) is 13.2. The van der Waals surface area contributed by atoms with E-state index in [1.165, 1.54) is 0 Å². The third kappa shape index (κ3) is 2.45. The molecule has 0 spiro atoms. The van der Waals surface area contributed by atoms with Gasteiger partial charge in [-0.2, -0.15) is 11.8 Å². The van der Waals surface area contributed by atoms with Crippen LogP contribution in [0.3, 0.4) is 0 Å². The van der Waals surface area contributed by atoms with Gasteiger partial charge in [0.25, 0.3) is 0 Å². The third-order valence-corrected chi connectivity index (χ3v) is 6.38. The van der Waals surface area contributed by atoms with Crippen molar-refractivity contribution in [3.05, 3.63) is 0 Å². The SMILES string of the molecule is CCC1(CC)[C@@H](OC)C[C@H]1NC[C@]1(O)CCSC1. The number of hydrogen-bond donors (Lipinski definition) is 2. The molecule has 0 radical (unpaired) electrons. The average molecular weight is 273 g/mol. The molecule has 1 heterocycles. The summed E-state index contributed by atoms with van der Waals surface area (Å²) in [6.07, 6.45) is 4.69. The highest BCUT2D eigenvalue weighted by Crippen LogP contribution is 2.48. The maximum atomic E-state index is 10.4. The molecule has 0 aromatic carbocycles. The number of nitrogens with one attached hydrogen (secondary N) is 1. The Morgan fingerprint density at radius 1 is 1.39 bits per heavy atom. The molecule has 1 saturated carbocycles. The maximum absolute atomic E-state index is 10.4. The summed E-state index contributed by atoms with van der Waals surface area (Å²) in [5.41, 5.74) is -0.201. The van der Waals surface area contributed by atoms with Crippen molar-refractivity contribution in [1.29, 1.82) is 0 Å². The van der Waals surface area contributed by atoms with Crippen molar-refractivity contribution in [3.8, 4) is 0 Å². The lowest BCUT2D eigenvalue weighted by Crippen LogP contribution is -2.64. The van der Waals surface area contributed by atoms with Gasteiger partial charge in [-0.25, -0.2) is 0 Å². The lowest BCUT2D eigenvalue weighted by atomic mass is 9.58. The Hall–Kier alpha value is 0.230. The third-order valence-electron chi connectivity index (χ3n) is 5.15. The smallest absolute Gasteiger partial charge is 0.0869 e. The highest BCUT2D eigenvalue weighted by atomic mass is 32.2. The van der Waals surface area contributed by atoms with Crippen molar-refractivity contribution >= 4 is 11.8 Å². The van der Waals surface area contributed by atoms with Crippen molar-refractivity contribution < 1.29 is 9.84 Å². The standard InChI is InChI=1S/C14H27NO2S/c1-4-14(5-2)11(8-12(14)17-3)15-9-13(16)6-7-18-10-13/h11-12,15-16H,4-10H2,1-3H3/t11-,12+,13-/m1/s1. The van der Waals surface area contributed by atoms with Gasteiger partial charge in [0.1, 0.15) is 0 Å². The minimum absolute atomic E-state index is 0.275. The van der Waals surface area contributed by atoms with E-state index in [1.807, 2.05) is 18.9 Å². The first kappa shape index (κ1) is 14.6. The Morgan fingerprint density at radius 3 is 2.61 bits per heavy atom. The first-order chi connectivity index (χ1) is 8.60. The molecule has 18 heavy (non-hydrogen) atoms. The molecular weight excluding hydrogens is 246 g/mol. The van der Waals surface area contributed by atoms with Gasteiger partial charge in [-0.15, -0.1) is 0 Å². The van der Waals surface area contributed by atoms with Crippen molar-refractivity contribution in [3.63, 3.8) is 0 Å². The van der Waals surface area contributed by atoms with Gasteiger partial charge in [0.05, 0.1) is 11.7 Å². The lowest BCUT2D eigenvalue weighted by Gasteiger charge is -2.55. The molecule has 3 nitrogen and oxygen atoms in total. The minimum atomic E-state index is -0.476. The largest absolute Gasteiger partial charge is 0.388 e. The van der Waals surface area contributed by atoms with Crippen LogP contribution in [0, 0.1) is 5.41 Å². The van der Waals surface area contributed by atoms with Gasteiger partial charge in [-0.3, -0.25) is 0 Å². The van der Waals surface area contributed by atoms with E-state index in [9.17, 15) is 5.11 Å². The Kier molecular flexibility index (Phi) is 4.63. The van der Waals surface area contributed by atoms with E-state index in [0.717, 1.165) is 43.7 Å². The van der Waals surface area contributed by atoms with E-state index in [1.54, 1.807) is 0 Å². The van der Waals surface area contributed by atoms with Crippen LogP contribution in [-0.4, -0.2) is 48.0 Å². The van der Waals surface area contributed by atoms with E-state index < -0.39 is 5.60 Å². The molecule has 0 aromatic rings. The molecule has 0 unspecified atom stereocenters. The number of rotatable bonds is 6. The summed E-state index contributed by atoms with van der Waals surface area (Å²) in [5.74, 6) is 1.97. The van der Waals surface area contributed by atoms with E-state index in [-0.39, 0.29) is 5.41 Å². The second-order valence-corrected chi connectivity index (χ2v) is 6.97. The monoisotopic (exact) mass is 273 g/mol. The van der Waals surface area contributed by atoms with Crippen LogP contribution < -0.4 is 5.32 Å². The highest BCUT2D eigenvalue weighted by Gasteiger charge is 2.53. The summed E-state index contributed by atoms with van der Waals surface area (Å²) in [6, 6.07) is 0.507. The summed E-state index contributed by atoms with van der Waals surface area (Å²) in [6.45, 7) is 5.25. The Balaban J connectivity index is 1.90. The average Bonchev–Trinajstić information content (AvgIpc) is 2.77. The first-order valence-corrected chi connectivity index (χ1v) is 8.32. The van der Waals surface area contributed by atoms with Crippen LogP contribution in [-0.2, 0) is 4.74 Å². The van der Waals surface area contributed by atoms with Gasteiger partial charge in [0.15, 0.2) is 0 Å². The zero-order valence-corrected chi connectivity index (χ0v) is 12.7. The van der Waals surface area contributed by atoms with E-state index in [0.29, 0.717) is 12.1 Å². The fraction of sp³-hybridized carbons (Fsp3) is 1.00. The fourth-order valence-corrected chi connectivity index (χ4v) is 4.91. The van der Waals surface area contributed by atoms with Crippen LogP contribution in [0.1, 0.15) is 39.5 Å². The van der Waals surface area contributed by atoms with Gasteiger partial charge in [0, 0.05) is 30.9 Å². The van der Waals surface area contributed by atoms with Crippen LogP contribution in [0.25, 0.3) is 0 Å². The second-order valence-electron chi connectivity index (χ2n) is 5.86. The Morgan fingerprint density at radius 2 is 2.11 bits per heavy atom. The van der Waals surface area contributed by atoms with E-state index >= 15 is 0 Å². The topological polar surface area (TPSA) is 41.5 Å². The minimum Gasteiger partial charge on any atom is -0.388 e. The van der Waals surface area contributed by atoms with E-state index in [4.69, 9.17) is 4.74 Å². The molecule has 3 atom stereocenters. The summed E-state index contributed by atoms with van der Waals surface area (Å²) in [5, 5.41) is 14.0. The van der Waals surface area contributed by atoms with Crippen molar-refractivity contribution in [2.24, 2.45) is 5.41 Å². The number of ether oxygens (including phenoxy) is 1. The summed E-state index contributed by atoms with van der Waals surface area (Å²) >= 11 is 1.86. The molecule has 0 amide bonds.